The fraction of sp³-hybridized carbons (Fsp3) is 0.600. The molecule has 2 atom stereocenters. The van der Waals surface area contributed by atoms with E-state index in [1.54, 1.807) is 0 Å². The number of piperidine rings is 1. The molecule has 1 fully saturated rings. The van der Waals surface area contributed by atoms with E-state index in [1.807, 2.05) is 0 Å². The third-order valence-electron chi connectivity index (χ3n) is 3.65. The molecule has 1 aromatic carbocycles. The van der Waals surface area contributed by atoms with Gasteiger partial charge in [0.2, 0.25) is 0 Å². The third kappa shape index (κ3) is 3.83. The first-order valence-electron chi connectivity index (χ1n) is 6.76. The first-order valence-corrected chi connectivity index (χ1v) is 6.76. The maximum atomic E-state index is 3.66. The van der Waals surface area contributed by atoms with Crippen LogP contribution >= 0.6 is 0 Å². The van der Waals surface area contributed by atoms with Crippen molar-refractivity contribution in [1.29, 1.82) is 0 Å². The Morgan fingerprint density at radius 3 is 3.06 bits per heavy atom. The normalized spacial score (nSPS) is 22.4. The van der Waals surface area contributed by atoms with Gasteiger partial charge in [0.15, 0.2) is 0 Å². The zero-order valence-corrected chi connectivity index (χ0v) is 11.0. The Morgan fingerprint density at radius 2 is 2.35 bits per heavy atom. The van der Waals surface area contributed by atoms with E-state index in [9.17, 15) is 0 Å². The number of aryl methyl sites for hydroxylation is 1. The smallest absolute Gasteiger partial charge is 0.0292 e. The standard InChI is InChI=1S/C15H24N2/c1-12-5-3-7-15(9-12)13(2)17-11-14-6-4-8-16-10-14/h3,5,7,9,13-14,16-17H,4,6,8,10-11H2,1-2H3/t13-,14?/m0/s1. The Hall–Kier alpha value is -0.860. The van der Waals surface area contributed by atoms with Crippen molar-refractivity contribution >= 4 is 0 Å². The molecule has 0 amide bonds. The molecule has 1 unspecified atom stereocenters. The largest absolute Gasteiger partial charge is 0.316 e. The molecular formula is C15H24N2. The van der Waals surface area contributed by atoms with Crippen LogP contribution in [0.5, 0.6) is 0 Å². The van der Waals surface area contributed by atoms with Crippen LogP contribution in [0.1, 0.15) is 36.9 Å². The summed E-state index contributed by atoms with van der Waals surface area (Å²) < 4.78 is 0. The van der Waals surface area contributed by atoms with Crippen molar-refractivity contribution in [2.45, 2.75) is 32.7 Å². The van der Waals surface area contributed by atoms with E-state index in [0.29, 0.717) is 6.04 Å². The van der Waals surface area contributed by atoms with E-state index in [4.69, 9.17) is 0 Å². The molecule has 2 heteroatoms. The highest BCUT2D eigenvalue weighted by atomic mass is 14.9. The molecule has 0 saturated carbocycles. The van der Waals surface area contributed by atoms with Crippen LogP contribution < -0.4 is 10.6 Å². The summed E-state index contributed by atoms with van der Waals surface area (Å²) in [5.41, 5.74) is 2.74. The fourth-order valence-corrected chi connectivity index (χ4v) is 2.50. The van der Waals surface area contributed by atoms with Crippen molar-refractivity contribution in [1.82, 2.24) is 10.6 Å². The predicted octanol–water partition coefficient (Wildman–Crippen LogP) is 2.65. The van der Waals surface area contributed by atoms with Gasteiger partial charge in [-0.1, -0.05) is 29.8 Å². The van der Waals surface area contributed by atoms with Gasteiger partial charge in [0.05, 0.1) is 0 Å². The van der Waals surface area contributed by atoms with Gasteiger partial charge in [-0.2, -0.15) is 0 Å². The van der Waals surface area contributed by atoms with Crippen molar-refractivity contribution in [2.75, 3.05) is 19.6 Å². The predicted molar refractivity (Wildman–Crippen MR) is 73.2 cm³/mol. The Labute approximate surface area is 105 Å². The highest BCUT2D eigenvalue weighted by Gasteiger charge is 2.14. The Kier molecular flexibility index (Phi) is 4.57. The topological polar surface area (TPSA) is 24.1 Å². The molecule has 1 saturated heterocycles. The van der Waals surface area contributed by atoms with Crippen LogP contribution in [-0.2, 0) is 0 Å². The minimum atomic E-state index is 0.455. The summed E-state index contributed by atoms with van der Waals surface area (Å²) in [5, 5.41) is 7.12. The number of nitrogens with one attached hydrogen (secondary N) is 2. The average Bonchev–Trinajstić information content (AvgIpc) is 2.37. The number of benzene rings is 1. The zero-order valence-electron chi connectivity index (χ0n) is 11.0. The molecule has 0 aromatic heterocycles. The van der Waals surface area contributed by atoms with Crippen LogP contribution in [0.15, 0.2) is 24.3 Å². The van der Waals surface area contributed by atoms with Gasteiger partial charge < -0.3 is 10.6 Å². The minimum absolute atomic E-state index is 0.455. The molecule has 2 rings (SSSR count). The van der Waals surface area contributed by atoms with E-state index in [2.05, 4.69) is 48.7 Å². The number of rotatable bonds is 4. The van der Waals surface area contributed by atoms with Crippen molar-refractivity contribution in [3.63, 3.8) is 0 Å². The summed E-state index contributed by atoms with van der Waals surface area (Å²) in [6.07, 6.45) is 2.69. The van der Waals surface area contributed by atoms with E-state index in [-0.39, 0.29) is 0 Å². The molecule has 94 valence electrons. The molecular weight excluding hydrogens is 208 g/mol. The van der Waals surface area contributed by atoms with Gasteiger partial charge in [0.25, 0.3) is 0 Å². The van der Waals surface area contributed by atoms with E-state index >= 15 is 0 Å². The van der Waals surface area contributed by atoms with Gasteiger partial charge in [0, 0.05) is 6.04 Å². The molecule has 0 aliphatic carbocycles. The summed E-state index contributed by atoms with van der Waals surface area (Å²) in [4.78, 5) is 0. The van der Waals surface area contributed by atoms with Gasteiger partial charge in [-0.3, -0.25) is 0 Å². The first-order chi connectivity index (χ1) is 8.25. The Balaban J connectivity index is 1.82. The van der Waals surface area contributed by atoms with Gasteiger partial charge in [-0.25, -0.2) is 0 Å². The SMILES string of the molecule is Cc1cccc([C@H](C)NCC2CCCNC2)c1. The number of hydrogen-bond donors (Lipinski definition) is 2. The van der Waals surface area contributed by atoms with Gasteiger partial charge in [-0.15, -0.1) is 0 Å². The monoisotopic (exact) mass is 232 g/mol. The van der Waals surface area contributed by atoms with Crippen LogP contribution in [0.3, 0.4) is 0 Å². The van der Waals surface area contributed by atoms with Crippen molar-refractivity contribution in [3.05, 3.63) is 35.4 Å². The van der Waals surface area contributed by atoms with Crippen molar-refractivity contribution in [2.24, 2.45) is 5.92 Å². The highest BCUT2D eigenvalue weighted by molar-refractivity contribution is 5.24. The Bertz CT molecular complexity index is 343. The summed E-state index contributed by atoms with van der Waals surface area (Å²) in [5.74, 6) is 0.802. The zero-order chi connectivity index (χ0) is 12.1. The van der Waals surface area contributed by atoms with E-state index in [0.717, 1.165) is 12.5 Å². The third-order valence-corrected chi connectivity index (χ3v) is 3.65. The molecule has 0 radical (unpaired) electrons. The molecule has 1 aliphatic rings. The van der Waals surface area contributed by atoms with E-state index < -0.39 is 0 Å². The highest BCUT2D eigenvalue weighted by Crippen LogP contribution is 2.15. The van der Waals surface area contributed by atoms with Crippen LogP contribution in [0.25, 0.3) is 0 Å². The fourth-order valence-electron chi connectivity index (χ4n) is 2.50. The van der Waals surface area contributed by atoms with Crippen LogP contribution in [0, 0.1) is 12.8 Å². The lowest BCUT2D eigenvalue weighted by atomic mass is 9.98. The summed E-state index contributed by atoms with van der Waals surface area (Å²) >= 11 is 0. The number of hydrogen-bond acceptors (Lipinski definition) is 2. The first kappa shape index (κ1) is 12.6. The summed E-state index contributed by atoms with van der Waals surface area (Å²) in [7, 11) is 0. The van der Waals surface area contributed by atoms with Crippen LogP contribution in [0.2, 0.25) is 0 Å². The maximum absolute atomic E-state index is 3.66. The van der Waals surface area contributed by atoms with Gasteiger partial charge in [0.1, 0.15) is 0 Å². The minimum Gasteiger partial charge on any atom is -0.316 e. The average molecular weight is 232 g/mol. The molecule has 2 nitrogen and oxygen atoms in total. The summed E-state index contributed by atoms with van der Waals surface area (Å²) in [6.45, 7) is 7.91. The Morgan fingerprint density at radius 1 is 1.47 bits per heavy atom. The van der Waals surface area contributed by atoms with Crippen molar-refractivity contribution < 1.29 is 0 Å². The van der Waals surface area contributed by atoms with Gasteiger partial charge in [-0.05, 0) is 57.8 Å². The second-order valence-corrected chi connectivity index (χ2v) is 5.26. The lowest BCUT2D eigenvalue weighted by Crippen LogP contribution is -2.36. The molecule has 0 spiro atoms. The summed E-state index contributed by atoms with van der Waals surface area (Å²) in [6, 6.07) is 9.24. The maximum Gasteiger partial charge on any atom is 0.0292 e. The molecule has 1 heterocycles. The van der Waals surface area contributed by atoms with Crippen LogP contribution in [0.4, 0.5) is 0 Å². The van der Waals surface area contributed by atoms with Crippen molar-refractivity contribution in [3.8, 4) is 0 Å². The molecule has 17 heavy (non-hydrogen) atoms. The van der Waals surface area contributed by atoms with E-state index in [1.165, 1.54) is 37.1 Å². The lowest BCUT2D eigenvalue weighted by molar-refractivity contribution is 0.348. The molecule has 2 N–H and O–H groups in total. The molecule has 1 aliphatic heterocycles. The second-order valence-electron chi connectivity index (χ2n) is 5.26. The molecule has 0 bridgehead atoms. The second kappa shape index (κ2) is 6.18. The molecule has 1 aromatic rings. The quantitative estimate of drug-likeness (QED) is 0.834. The van der Waals surface area contributed by atoms with Crippen LogP contribution in [-0.4, -0.2) is 19.6 Å². The van der Waals surface area contributed by atoms with Gasteiger partial charge >= 0.3 is 0 Å². The lowest BCUT2D eigenvalue weighted by Gasteiger charge is -2.25.